The van der Waals surface area contributed by atoms with Gasteiger partial charge in [-0.15, -0.1) is 10.2 Å². The number of primary amides is 1. The standard InChI is InChI=1S/C21H24N8O3/c1-29-8-6-12-10-16(32-3)14(9-13(12)11-29)24-21-26-20(17(18(22)30)27-28-21)25-19-15(31-2)5-4-7-23-19/h4-5,7,9-10H,6,8,11H2,1-3H3,(H2,22,30)(H2,23,24,25,26,28). The summed E-state index contributed by atoms with van der Waals surface area (Å²) in [6.45, 7) is 1.83. The number of carbonyl (C=O) groups is 1. The second-order valence-electron chi connectivity index (χ2n) is 7.31. The van der Waals surface area contributed by atoms with Gasteiger partial charge in [-0.25, -0.2) is 4.98 Å². The maximum atomic E-state index is 11.9. The minimum absolute atomic E-state index is 0.101. The van der Waals surface area contributed by atoms with Crippen LogP contribution in [-0.2, 0) is 13.0 Å². The van der Waals surface area contributed by atoms with Crippen molar-refractivity contribution in [3.63, 3.8) is 0 Å². The Bertz CT molecular complexity index is 1150. The molecule has 0 fully saturated rings. The van der Waals surface area contributed by atoms with Gasteiger partial charge in [0.15, 0.2) is 23.1 Å². The molecule has 3 aromatic rings. The molecule has 0 spiro atoms. The number of likely N-dealkylation sites (N-methyl/N-ethyl adjacent to an activating group) is 1. The van der Waals surface area contributed by atoms with Gasteiger partial charge in [-0.3, -0.25) is 4.79 Å². The van der Waals surface area contributed by atoms with Gasteiger partial charge >= 0.3 is 0 Å². The zero-order valence-corrected chi connectivity index (χ0v) is 18.0. The predicted octanol–water partition coefficient (Wildman–Crippen LogP) is 1.86. The number of benzene rings is 1. The van der Waals surface area contributed by atoms with E-state index in [-0.39, 0.29) is 17.5 Å². The van der Waals surface area contributed by atoms with Crippen molar-refractivity contribution in [2.75, 3.05) is 38.4 Å². The van der Waals surface area contributed by atoms with Crippen LogP contribution in [0.25, 0.3) is 0 Å². The molecule has 0 bridgehead atoms. The number of amides is 1. The fraction of sp³-hybridized carbons (Fsp3) is 0.286. The molecule has 0 aliphatic carbocycles. The van der Waals surface area contributed by atoms with Crippen LogP contribution in [0.1, 0.15) is 21.6 Å². The Morgan fingerprint density at radius 3 is 2.66 bits per heavy atom. The zero-order chi connectivity index (χ0) is 22.7. The number of rotatable bonds is 7. The molecule has 4 N–H and O–H groups in total. The van der Waals surface area contributed by atoms with Gasteiger partial charge in [0.2, 0.25) is 5.95 Å². The smallest absolute Gasteiger partial charge is 0.273 e. The van der Waals surface area contributed by atoms with Crippen LogP contribution in [-0.4, -0.2) is 58.8 Å². The topological polar surface area (TPSA) is 140 Å². The van der Waals surface area contributed by atoms with E-state index in [1.54, 1.807) is 25.4 Å². The van der Waals surface area contributed by atoms with E-state index >= 15 is 0 Å². The second-order valence-corrected chi connectivity index (χ2v) is 7.31. The van der Waals surface area contributed by atoms with Crippen LogP contribution in [0.2, 0.25) is 0 Å². The van der Waals surface area contributed by atoms with Crippen LogP contribution in [0.3, 0.4) is 0 Å². The van der Waals surface area contributed by atoms with Crippen molar-refractivity contribution >= 4 is 29.2 Å². The Labute approximate surface area is 185 Å². The third-order valence-electron chi connectivity index (χ3n) is 5.12. The largest absolute Gasteiger partial charge is 0.495 e. The molecular weight excluding hydrogens is 412 g/mol. The molecule has 3 heterocycles. The molecule has 0 saturated carbocycles. The number of nitrogens with one attached hydrogen (secondary N) is 2. The number of aromatic nitrogens is 4. The van der Waals surface area contributed by atoms with Crippen LogP contribution in [0, 0.1) is 0 Å². The molecule has 2 aromatic heterocycles. The summed E-state index contributed by atoms with van der Waals surface area (Å²) in [5.41, 5.74) is 8.47. The van der Waals surface area contributed by atoms with E-state index in [9.17, 15) is 4.79 Å². The molecule has 11 nitrogen and oxygen atoms in total. The van der Waals surface area contributed by atoms with Crippen LogP contribution < -0.4 is 25.8 Å². The quantitative estimate of drug-likeness (QED) is 0.502. The monoisotopic (exact) mass is 436 g/mol. The van der Waals surface area contributed by atoms with Crippen LogP contribution >= 0.6 is 0 Å². The molecule has 32 heavy (non-hydrogen) atoms. The average Bonchev–Trinajstić information content (AvgIpc) is 2.79. The fourth-order valence-electron chi connectivity index (χ4n) is 3.51. The van der Waals surface area contributed by atoms with Crippen molar-refractivity contribution < 1.29 is 14.3 Å². The van der Waals surface area contributed by atoms with Crippen molar-refractivity contribution in [2.24, 2.45) is 5.73 Å². The fourth-order valence-corrected chi connectivity index (χ4v) is 3.51. The normalized spacial score (nSPS) is 13.2. The molecule has 0 radical (unpaired) electrons. The first-order valence-corrected chi connectivity index (χ1v) is 9.94. The van der Waals surface area contributed by atoms with Crippen LogP contribution in [0.5, 0.6) is 11.5 Å². The Hall–Kier alpha value is -3.99. The van der Waals surface area contributed by atoms with Crippen molar-refractivity contribution in [1.82, 2.24) is 25.1 Å². The number of nitrogens with zero attached hydrogens (tertiary/aromatic N) is 5. The minimum Gasteiger partial charge on any atom is -0.495 e. The van der Waals surface area contributed by atoms with Crippen molar-refractivity contribution in [2.45, 2.75) is 13.0 Å². The summed E-state index contributed by atoms with van der Waals surface area (Å²) in [6.07, 6.45) is 2.53. The van der Waals surface area contributed by atoms with E-state index in [0.29, 0.717) is 23.0 Å². The SMILES string of the molecule is COc1cc2c(cc1Nc1nnc(C(N)=O)c(Nc3ncccc3OC)n1)CN(C)CC2. The van der Waals surface area contributed by atoms with Crippen LogP contribution in [0.15, 0.2) is 30.5 Å². The molecule has 0 saturated heterocycles. The summed E-state index contributed by atoms with van der Waals surface area (Å²) < 4.78 is 10.9. The molecule has 1 aliphatic heterocycles. The summed E-state index contributed by atoms with van der Waals surface area (Å²) in [4.78, 5) is 22.7. The molecule has 0 unspecified atom stereocenters. The lowest BCUT2D eigenvalue weighted by Crippen LogP contribution is -2.26. The van der Waals surface area contributed by atoms with Crippen LogP contribution in [0.4, 0.5) is 23.3 Å². The molecule has 1 aliphatic rings. The summed E-state index contributed by atoms with van der Waals surface area (Å²) in [7, 11) is 5.21. The highest BCUT2D eigenvalue weighted by Gasteiger charge is 2.20. The Morgan fingerprint density at radius 2 is 1.91 bits per heavy atom. The van der Waals surface area contributed by atoms with Gasteiger partial charge < -0.3 is 30.7 Å². The Kier molecular flexibility index (Phi) is 5.99. The predicted molar refractivity (Wildman–Crippen MR) is 119 cm³/mol. The summed E-state index contributed by atoms with van der Waals surface area (Å²) in [5.74, 6) is 0.980. The molecule has 0 atom stereocenters. The number of anilines is 4. The molecule has 1 amide bonds. The number of pyridine rings is 1. The summed E-state index contributed by atoms with van der Waals surface area (Å²) in [6, 6.07) is 7.49. The van der Waals surface area contributed by atoms with Gasteiger partial charge in [0.25, 0.3) is 5.91 Å². The van der Waals surface area contributed by atoms with E-state index in [1.807, 2.05) is 12.1 Å². The summed E-state index contributed by atoms with van der Waals surface area (Å²) >= 11 is 0. The maximum Gasteiger partial charge on any atom is 0.273 e. The number of carbonyl (C=O) groups excluding carboxylic acids is 1. The first kappa shape index (κ1) is 21.2. The van der Waals surface area contributed by atoms with Gasteiger partial charge in [-0.1, -0.05) is 0 Å². The summed E-state index contributed by atoms with van der Waals surface area (Å²) in [5, 5.41) is 14.1. The molecule has 11 heteroatoms. The number of hydrogen-bond donors (Lipinski definition) is 3. The van der Waals surface area contributed by atoms with Crippen molar-refractivity contribution in [1.29, 1.82) is 0 Å². The van der Waals surface area contributed by atoms with Crippen molar-refractivity contribution in [3.05, 3.63) is 47.3 Å². The molecule has 1 aromatic carbocycles. The Morgan fingerprint density at radius 1 is 1.09 bits per heavy atom. The highest BCUT2D eigenvalue weighted by molar-refractivity contribution is 5.96. The lowest BCUT2D eigenvalue weighted by Gasteiger charge is -2.26. The van der Waals surface area contributed by atoms with E-state index < -0.39 is 5.91 Å². The Balaban J connectivity index is 1.69. The van der Waals surface area contributed by atoms with E-state index in [1.165, 1.54) is 18.2 Å². The minimum atomic E-state index is -0.775. The highest BCUT2D eigenvalue weighted by atomic mass is 16.5. The lowest BCUT2D eigenvalue weighted by molar-refractivity contribution is 0.0995. The average molecular weight is 436 g/mol. The van der Waals surface area contributed by atoms with E-state index in [2.05, 4.69) is 42.7 Å². The first-order chi connectivity index (χ1) is 15.5. The highest BCUT2D eigenvalue weighted by Crippen LogP contribution is 2.33. The lowest BCUT2D eigenvalue weighted by atomic mass is 9.99. The van der Waals surface area contributed by atoms with E-state index in [4.69, 9.17) is 15.2 Å². The van der Waals surface area contributed by atoms with Gasteiger partial charge in [0.1, 0.15) is 5.75 Å². The maximum absolute atomic E-state index is 11.9. The third-order valence-corrected chi connectivity index (χ3v) is 5.12. The third kappa shape index (κ3) is 4.37. The van der Waals surface area contributed by atoms with Gasteiger partial charge in [-0.2, -0.15) is 4.98 Å². The molecule has 4 rings (SSSR count). The number of ether oxygens (including phenoxy) is 2. The van der Waals surface area contributed by atoms with E-state index in [0.717, 1.165) is 19.5 Å². The van der Waals surface area contributed by atoms with Gasteiger partial charge in [0, 0.05) is 19.3 Å². The van der Waals surface area contributed by atoms with Crippen molar-refractivity contribution in [3.8, 4) is 11.5 Å². The molecule has 166 valence electrons. The first-order valence-electron chi connectivity index (χ1n) is 9.94. The molecular formula is C21H24N8O3. The number of hydrogen-bond acceptors (Lipinski definition) is 10. The zero-order valence-electron chi connectivity index (χ0n) is 18.0. The van der Waals surface area contributed by atoms with Gasteiger partial charge in [0.05, 0.1) is 19.9 Å². The number of methoxy groups -OCH3 is 2. The number of nitrogens with two attached hydrogens (primary N) is 1. The number of fused-ring (bicyclic) bond motifs is 1. The second kappa shape index (κ2) is 9.02. The van der Waals surface area contributed by atoms with Gasteiger partial charge in [-0.05, 0) is 48.9 Å².